The van der Waals surface area contributed by atoms with E-state index < -0.39 is 0 Å². The standard InChI is InChI=1S/C4H11NOSi/c1-3-4(5)7-6-2/h4H,3,5H2,1-2H3. The quantitative estimate of drug-likeness (QED) is 0.526. The van der Waals surface area contributed by atoms with Crippen LogP contribution in [0.2, 0.25) is 0 Å². The highest BCUT2D eigenvalue weighted by atomic mass is 28.2. The van der Waals surface area contributed by atoms with Gasteiger partial charge in [-0.2, -0.15) is 0 Å². The van der Waals surface area contributed by atoms with Gasteiger partial charge >= 0.3 is 0 Å². The van der Waals surface area contributed by atoms with Gasteiger partial charge in [-0.3, -0.25) is 0 Å². The highest BCUT2D eigenvalue weighted by molar-refractivity contribution is 6.29. The molecule has 2 radical (unpaired) electrons. The van der Waals surface area contributed by atoms with Gasteiger partial charge in [0.2, 0.25) is 9.76 Å². The maximum Gasteiger partial charge on any atom is 0.247 e. The van der Waals surface area contributed by atoms with Crippen LogP contribution in [-0.4, -0.2) is 22.5 Å². The van der Waals surface area contributed by atoms with E-state index in [2.05, 4.69) is 6.92 Å². The van der Waals surface area contributed by atoms with E-state index in [0.717, 1.165) is 6.42 Å². The fraction of sp³-hybridized carbons (Fsp3) is 1.00. The Kier molecular flexibility index (Phi) is 4.38. The Hall–Kier alpha value is 0.137. The van der Waals surface area contributed by atoms with Gasteiger partial charge in [0.15, 0.2) is 0 Å². The molecular weight excluding hydrogens is 106 g/mol. The van der Waals surface area contributed by atoms with Crippen LogP contribution in [0.3, 0.4) is 0 Å². The van der Waals surface area contributed by atoms with E-state index in [-0.39, 0.29) is 5.67 Å². The summed E-state index contributed by atoms with van der Waals surface area (Å²) in [6, 6.07) is 0. The summed E-state index contributed by atoms with van der Waals surface area (Å²) in [5.74, 6) is 0. The lowest BCUT2D eigenvalue weighted by Crippen LogP contribution is -2.27. The van der Waals surface area contributed by atoms with Crippen molar-refractivity contribution >= 4 is 9.76 Å². The lowest BCUT2D eigenvalue weighted by atomic mass is 10.5. The van der Waals surface area contributed by atoms with Crippen molar-refractivity contribution in [2.45, 2.75) is 19.0 Å². The van der Waals surface area contributed by atoms with E-state index in [1.54, 1.807) is 7.11 Å². The molecule has 0 fully saturated rings. The maximum absolute atomic E-state index is 5.47. The number of rotatable bonds is 3. The molecule has 0 aromatic carbocycles. The minimum absolute atomic E-state index is 0.255. The van der Waals surface area contributed by atoms with Crippen LogP contribution in [0.1, 0.15) is 13.3 Å². The van der Waals surface area contributed by atoms with E-state index in [4.69, 9.17) is 10.2 Å². The molecule has 1 atom stereocenters. The fourth-order valence-electron chi connectivity index (χ4n) is 0.235. The third-order valence-corrected chi connectivity index (χ3v) is 1.66. The summed E-state index contributed by atoms with van der Waals surface area (Å²) in [6.07, 6.45) is 1.01. The molecule has 2 N–H and O–H groups in total. The first-order chi connectivity index (χ1) is 3.31. The van der Waals surface area contributed by atoms with Crippen LogP contribution in [0.15, 0.2) is 0 Å². The Morgan fingerprint density at radius 3 is 2.57 bits per heavy atom. The molecule has 0 aromatic rings. The maximum atomic E-state index is 5.47. The summed E-state index contributed by atoms with van der Waals surface area (Å²) >= 11 is 0. The van der Waals surface area contributed by atoms with E-state index in [1.807, 2.05) is 0 Å². The van der Waals surface area contributed by atoms with Gasteiger partial charge in [-0.25, -0.2) is 0 Å². The van der Waals surface area contributed by atoms with Crippen LogP contribution in [0.5, 0.6) is 0 Å². The predicted molar refractivity (Wildman–Crippen MR) is 31.0 cm³/mol. The smallest absolute Gasteiger partial charge is 0.247 e. The molecule has 0 rings (SSSR count). The Bertz CT molecular complexity index is 42.7. The zero-order valence-corrected chi connectivity index (χ0v) is 5.77. The van der Waals surface area contributed by atoms with Gasteiger partial charge in [0.1, 0.15) is 0 Å². The van der Waals surface area contributed by atoms with Crippen molar-refractivity contribution in [3.05, 3.63) is 0 Å². The number of hydrogen-bond donors (Lipinski definition) is 1. The molecule has 0 saturated carbocycles. The SMILES string of the molecule is CCC(N)[Si]OC. The highest BCUT2D eigenvalue weighted by Crippen LogP contribution is 1.80. The predicted octanol–water partition coefficient (Wildman–Crippen LogP) is -0.0532. The average molecular weight is 117 g/mol. The molecule has 0 aromatic heterocycles. The fourth-order valence-corrected chi connectivity index (χ4v) is 0.704. The summed E-state index contributed by atoms with van der Waals surface area (Å²) in [5, 5.41) is 0. The van der Waals surface area contributed by atoms with Gasteiger partial charge in [0.05, 0.1) is 0 Å². The molecule has 42 valence electrons. The first-order valence-electron chi connectivity index (χ1n) is 2.35. The van der Waals surface area contributed by atoms with Crippen LogP contribution >= 0.6 is 0 Å². The van der Waals surface area contributed by atoms with Crippen LogP contribution in [0.4, 0.5) is 0 Å². The normalized spacial score (nSPS) is 14.1. The summed E-state index contributed by atoms with van der Waals surface area (Å²) < 4.78 is 4.80. The van der Waals surface area contributed by atoms with Crippen molar-refractivity contribution in [1.29, 1.82) is 0 Å². The van der Waals surface area contributed by atoms with Gasteiger partial charge < -0.3 is 10.2 Å². The van der Waals surface area contributed by atoms with Crippen LogP contribution in [0, 0.1) is 0 Å². The molecule has 0 heterocycles. The van der Waals surface area contributed by atoms with Gasteiger partial charge in [-0.15, -0.1) is 0 Å². The second-order valence-electron chi connectivity index (χ2n) is 1.34. The zero-order valence-electron chi connectivity index (χ0n) is 4.77. The van der Waals surface area contributed by atoms with E-state index in [0.29, 0.717) is 9.76 Å². The van der Waals surface area contributed by atoms with E-state index >= 15 is 0 Å². The largest absolute Gasteiger partial charge is 0.419 e. The summed E-state index contributed by atoms with van der Waals surface area (Å²) in [6.45, 7) is 2.05. The molecule has 0 aliphatic rings. The number of nitrogens with two attached hydrogens (primary N) is 1. The Morgan fingerprint density at radius 1 is 1.86 bits per heavy atom. The Morgan fingerprint density at radius 2 is 2.43 bits per heavy atom. The van der Waals surface area contributed by atoms with Crippen molar-refractivity contribution in [3.63, 3.8) is 0 Å². The lowest BCUT2D eigenvalue weighted by molar-refractivity contribution is 0.430. The van der Waals surface area contributed by atoms with Gasteiger partial charge in [-0.1, -0.05) is 6.92 Å². The van der Waals surface area contributed by atoms with Crippen molar-refractivity contribution in [2.24, 2.45) is 5.73 Å². The van der Waals surface area contributed by atoms with Crippen molar-refractivity contribution < 1.29 is 4.43 Å². The Balaban J connectivity index is 2.83. The van der Waals surface area contributed by atoms with Crippen LogP contribution in [-0.2, 0) is 4.43 Å². The molecule has 0 spiro atoms. The molecule has 7 heavy (non-hydrogen) atoms. The molecule has 0 bridgehead atoms. The second kappa shape index (κ2) is 4.30. The van der Waals surface area contributed by atoms with Crippen LogP contribution in [0.25, 0.3) is 0 Å². The minimum atomic E-state index is 0.255. The monoisotopic (exact) mass is 117 g/mol. The summed E-state index contributed by atoms with van der Waals surface area (Å²) in [7, 11) is 2.14. The first-order valence-corrected chi connectivity index (χ1v) is 3.34. The molecule has 0 amide bonds. The zero-order chi connectivity index (χ0) is 5.70. The number of hydrogen-bond acceptors (Lipinski definition) is 2. The second-order valence-corrected chi connectivity index (χ2v) is 2.72. The van der Waals surface area contributed by atoms with E-state index in [1.165, 1.54) is 0 Å². The van der Waals surface area contributed by atoms with Gasteiger partial charge in [0.25, 0.3) is 0 Å². The van der Waals surface area contributed by atoms with Crippen molar-refractivity contribution in [3.8, 4) is 0 Å². The molecule has 0 aliphatic heterocycles. The Labute approximate surface area is 47.0 Å². The molecule has 2 nitrogen and oxygen atoms in total. The van der Waals surface area contributed by atoms with E-state index in [9.17, 15) is 0 Å². The molecule has 3 heteroatoms. The third kappa shape index (κ3) is 3.98. The topological polar surface area (TPSA) is 35.2 Å². The summed E-state index contributed by atoms with van der Waals surface area (Å²) in [5.41, 5.74) is 5.73. The lowest BCUT2D eigenvalue weighted by Gasteiger charge is -2.01. The van der Waals surface area contributed by atoms with Gasteiger partial charge in [0, 0.05) is 12.8 Å². The average Bonchev–Trinajstić information content (AvgIpc) is 1.68. The first kappa shape index (κ1) is 7.14. The molecular formula is C4H11NOSi. The minimum Gasteiger partial charge on any atom is -0.419 e. The third-order valence-electron chi connectivity index (χ3n) is 0.709. The van der Waals surface area contributed by atoms with Crippen molar-refractivity contribution in [2.75, 3.05) is 7.11 Å². The summed E-state index contributed by atoms with van der Waals surface area (Å²) in [4.78, 5) is 0. The van der Waals surface area contributed by atoms with Gasteiger partial charge in [-0.05, 0) is 6.42 Å². The highest BCUT2D eigenvalue weighted by Gasteiger charge is 1.97. The van der Waals surface area contributed by atoms with Crippen LogP contribution < -0.4 is 5.73 Å². The van der Waals surface area contributed by atoms with Crippen molar-refractivity contribution in [1.82, 2.24) is 0 Å². The molecule has 0 aliphatic carbocycles. The molecule has 0 saturated heterocycles. The molecule has 1 unspecified atom stereocenters.